The van der Waals surface area contributed by atoms with Crippen LogP contribution in [0.2, 0.25) is 0 Å². The molecule has 0 aromatic heterocycles. The van der Waals surface area contributed by atoms with Gasteiger partial charge in [-0.15, -0.1) is 0 Å². The van der Waals surface area contributed by atoms with Crippen molar-refractivity contribution in [2.75, 3.05) is 64.4 Å². The van der Waals surface area contributed by atoms with Crippen LogP contribution in [0, 0.1) is 0 Å². The molecule has 34 nitrogen and oxygen atoms in total. The number of benzene rings is 5. The average molecular weight is 1690 g/mol. The van der Waals surface area contributed by atoms with Gasteiger partial charge in [0.05, 0.1) is 47.5 Å². The molecule has 0 unspecified atom stereocenters. The maximum Gasteiger partial charge on any atom is 0.325 e. The standard InChI is InChI=1S/C16H21N3O5S.C15H19N3O5S.C13H16BrN3O3S.2C13H17N3O3S/c1-2-24-14(21)8-10-19-16(23)25-12-6-4-3-5-11(12)15(22)18-9-7-13(17)20;1-3-23-12(19)8-17-15(22)24-11-7-5-4-6-10(11)14(21)18-9(2)13(16)20;1-8(11(15)18)17-12(19)9-4-2-3-5-10(9)21-13(20)16-7-6-14;1-3-15-13(19)20-10-7-5-4-6-9(10)12(18)16-8(2)11(14)17;1-2-15-13(19)20-10-6-4-3-5-9(10)12(18)16-8-7-11(14)17/h3-6H,2,7-10H2,1H3,(H2,17,20)(H,18,22)(H,19,23);4-7,9H,3,8H2,1-2H3,(H2,16,20)(H,17,22)(H,18,21);2-5,8H,6-7H2,1H3,(H2,15,18)(H,16,20)(H,17,19);4-8H,3H2,1-2H3,(H2,14,17)(H,15,19)(H,16,18);3-6H,2,7-8H2,1H3,(H2,14,17)(H,15,19)(H,16,18)/t;9-;2*8-;/m.001./s1. The fraction of sp³-hybridized carbons (Fsp3) is 0.329. The van der Waals surface area contributed by atoms with Gasteiger partial charge in [0, 0.05) is 81.9 Å². The second-order valence-corrected chi connectivity index (χ2v) is 27.3. The molecule has 0 heterocycles. The summed E-state index contributed by atoms with van der Waals surface area (Å²) in [6.45, 7) is 13.7. The highest BCUT2D eigenvalue weighted by Crippen LogP contribution is 2.28. The zero-order chi connectivity index (χ0) is 82.7. The maximum absolute atomic E-state index is 12.2. The Labute approximate surface area is 664 Å². The van der Waals surface area contributed by atoms with E-state index in [1.165, 1.54) is 26.8 Å². The zero-order valence-electron chi connectivity index (χ0n) is 61.0. The topological polar surface area (TPSA) is 559 Å². The molecule has 0 radical (unpaired) electrons. The number of nitrogens with one attached hydrogen (secondary N) is 10. The Bertz CT molecular complexity index is 4000. The van der Waals surface area contributed by atoms with Crippen molar-refractivity contribution in [3.8, 4) is 0 Å². The van der Waals surface area contributed by atoms with E-state index in [0.717, 1.165) is 58.8 Å². The first-order chi connectivity index (χ1) is 52.2. The molecular formula is C70H90BrN15O19S5. The van der Waals surface area contributed by atoms with Gasteiger partial charge < -0.3 is 91.3 Å². The number of carbonyl (C=O) groups excluding carboxylic acids is 17. The van der Waals surface area contributed by atoms with Crippen molar-refractivity contribution in [3.63, 3.8) is 0 Å². The van der Waals surface area contributed by atoms with Gasteiger partial charge in [-0.25, -0.2) is 0 Å². The van der Waals surface area contributed by atoms with Crippen LogP contribution in [0.5, 0.6) is 0 Å². The number of hydrogen-bond acceptors (Lipinski definition) is 24. The van der Waals surface area contributed by atoms with Gasteiger partial charge in [0.1, 0.15) is 24.7 Å². The number of primary amides is 5. The van der Waals surface area contributed by atoms with Crippen molar-refractivity contribution in [1.29, 1.82) is 0 Å². The number of amides is 15. The van der Waals surface area contributed by atoms with E-state index in [9.17, 15) is 81.5 Å². The Morgan fingerprint density at radius 1 is 0.336 bits per heavy atom. The van der Waals surface area contributed by atoms with Crippen molar-refractivity contribution >= 4 is 172 Å². The van der Waals surface area contributed by atoms with Crippen LogP contribution in [-0.4, -0.2) is 180 Å². The predicted molar refractivity (Wildman–Crippen MR) is 422 cm³/mol. The van der Waals surface area contributed by atoms with Crippen molar-refractivity contribution in [2.45, 2.75) is 110 Å². The molecular weight excluding hydrogens is 1600 g/mol. The Morgan fingerprint density at radius 3 is 0.864 bits per heavy atom. The number of ether oxygens (including phenoxy) is 2. The summed E-state index contributed by atoms with van der Waals surface area (Å²) in [7, 11) is 0. The van der Waals surface area contributed by atoms with E-state index < -0.39 is 82.5 Å². The summed E-state index contributed by atoms with van der Waals surface area (Å²) < 4.78 is 9.46. The zero-order valence-corrected chi connectivity index (χ0v) is 66.7. The number of carbonyl (C=O) groups is 17. The Morgan fingerprint density at radius 2 is 0.591 bits per heavy atom. The van der Waals surface area contributed by atoms with E-state index in [0.29, 0.717) is 78.3 Å². The summed E-state index contributed by atoms with van der Waals surface area (Å²) >= 11 is 7.64. The summed E-state index contributed by atoms with van der Waals surface area (Å²) in [4.78, 5) is 198. The SMILES string of the molecule is CCNC(=O)Sc1ccccc1C(=O)NCCC(N)=O.CCNC(=O)Sc1ccccc1C(=O)N[C@H](C)C(N)=O.CCOC(=O)CCNC(=O)Sc1ccccc1C(=O)NCCC(N)=O.CCOC(=O)CNC(=O)Sc1ccccc1C(=O)N[C@@H](C)C(N)=O.C[C@H](NC(=O)c1ccccc1SC(=O)NCCBr)C(N)=O. The molecule has 5 aromatic carbocycles. The van der Waals surface area contributed by atoms with E-state index in [1.54, 1.807) is 129 Å². The number of esters is 2. The Balaban J connectivity index is 0.000000689. The molecule has 0 saturated heterocycles. The Kier molecular flexibility index (Phi) is 49.3. The molecule has 40 heteroatoms. The molecule has 0 fully saturated rings. The molecule has 0 bridgehead atoms. The predicted octanol–water partition coefficient (Wildman–Crippen LogP) is 5.41. The second-order valence-electron chi connectivity index (χ2n) is 21.5. The number of halogens is 1. The third kappa shape index (κ3) is 41.6. The van der Waals surface area contributed by atoms with E-state index >= 15 is 0 Å². The quantitative estimate of drug-likeness (QED) is 0.0142. The highest BCUT2D eigenvalue weighted by molar-refractivity contribution is 9.09. The minimum atomic E-state index is -0.840. The summed E-state index contributed by atoms with van der Waals surface area (Å²) in [6.07, 6.45) is 0.197. The molecule has 5 rings (SSSR count). The van der Waals surface area contributed by atoms with Crippen LogP contribution in [0.25, 0.3) is 0 Å². The van der Waals surface area contributed by atoms with Gasteiger partial charge in [-0.3, -0.25) is 81.5 Å². The van der Waals surface area contributed by atoms with Gasteiger partial charge >= 0.3 is 11.9 Å². The van der Waals surface area contributed by atoms with Crippen LogP contribution in [0.3, 0.4) is 0 Å². The lowest BCUT2D eigenvalue weighted by atomic mass is 10.2. The van der Waals surface area contributed by atoms with E-state index in [-0.39, 0.29) is 90.4 Å². The highest BCUT2D eigenvalue weighted by atomic mass is 79.9. The third-order valence-corrected chi connectivity index (χ3v) is 17.8. The van der Waals surface area contributed by atoms with Crippen molar-refractivity contribution in [2.24, 2.45) is 28.7 Å². The lowest BCUT2D eigenvalue weighted by Crippen LogP contribution is -2.42. The van der Waals surface area contributed by atoms with E-state index in [4.69, 9.17) is 38.1 Å². The average Bonchev–Trinajstić information content (AvgIpc) is 0.881. The lowest BCUT2D eigenvalue weighted by molar-refractivity contribution is -0.143. The maximum atomic E-state index is 12.2. The van der Waals surface area contributed by atoms with E-state index in [1.807, 2.05) is 13.8 Å². The fourth-order valence-electron chi connectivity index (χ4n) is 7.52. The van der Waals surface area contributed by atoms with Crippen LogP contribution in [0.15, 0.2) is 146 Å². The van der Waals surface area contributed by atoms with Crippen molar-refractivity contribution in [1.82, 2.24) is 53.2 Å². The fourth-order valence-corrected chi connectivity index (χ4v) is 11.7. The second kappa shape index (κ2) is 55.7. The van der Waals surface area contributed by atoms with Gasteiger partial charge in [0.25, 0.3) is 55.7 Å². The molecule has 0 aliphatic rings. The molecule has 3 atom stereocenters. The molecule has 0 spiro atoms. The monoisotopic (exact) mass is 1680 g/mol. The number of thioether (sulfide) groups is 5. The first-order valence-electron chi connectivity index (χ1n) is 33.3. The number of hydrogen-bond donors (Lipinski definition) is 15. The van der Waals surface area contributed by atoms with Crippen LogP contribution < -0.4 is 81.8 Å². The van der Waals surface area contributed by atoms with Crippen molar-refractivity contribution < 1.29 is 91.0 Å². The number of alkyl halides is 1. The summed E-state index contributed by atoms with van der Waals surface area (Å²) in [6, 6.07) is 30.7. The molecule has 596 valence electrons. The van der Waals surface area contributed by atoms with Crippen LogP contribution in [0.4, 0.5) is 24.0 Å². The van der Waals surface area contributed by atoms with Gasteiger partial charge in [-0.05, 0) is 168 Å². The first-order valence-corrected chi connectivity index (χ1v) is 38.5. The molecule has 20 N–H and O–H groups in total. The van der Waals surface area contributed by atoms with Gasteiger partial charge in [0.2, 0.25) is 29.5 Å². The smallest absolute Gasteiger partial charge is 0.325 e. The molecule has 15 amide bonds. The molecule has 0 aliphatic heterocycles. The van der Waals surface area contributed by atoms with E-state index in [2.05, 4.69) is 69.1 Å². The van der Waals surface area contributed by atoms with Crippen molar-refractivity contribution in [3.05, 3.63) is 149 Å². The minimum Gasteiger partial charge on any atom is -0.466 e. The third-order valence-electron chi connectivity index (χ3n) is 12.9. The van der Waals surface area contributed by atoms with Gasteiger partial charge in [-0.1, -0.05) is 76.6 Å². The molecule has 110 heavy (non-hydrogen) atoms. The van der Waals surface area contributed by atoms with Crippen LogP contribution in [-0.2, 0) is 43.0 Å². The first kappa shape index (κ1) is 97.3. The molecule has 0 saturated carbocycles. The number of nitrogens with two attached hydrogens (primary N) is 5. The summed E-state index contributed by atoms with van der Waals surface area (Å²) in [5, 5.41) is 24.5. The largest absolute Gasteiger partial charge is 0.466 e. The number of rotatable bonds is 33. The van der Waals surface area contributed by atoms with Gasteiger partial charge in [0.15, 0.2) is 0 Å². The minimum absolute atomic E-state index is 0.0371. The van der Waals surface area contributed by atoms with Crippen LogP contribution >= 0.6 is 74.7 Å². The molecule has 0 aliphatic carbocycles. The highest BCUT2D eigenvalue weighted by Gasteiger charge is 2.23. The Hall–Kier alpha value is -10.7. The van der Waals surface area contributed by atoms with Crippen LogP contribution in [0.1, 0.15) is 120 Å². The summed E-state index contributed by atoms with van der Waals surface area (Å²) in [5.74, 6) is -5.98. The summed E-state index contributed by atoms with van der Waals surface area (Å²) in [5.41, 5.74) is 26.9. The lowest BCUT2D eigenvalue weighted by Gasteiger charge is -2.12. The van der Waals surface area contributed by atoms with Gasteiger partial charge in [-0.2, -0.15) is 0 Å². The molecule has 5 aromatic rings. The normalized spacial score (nSPS) is 10.8.